The van der Waals surface area contributed by atoms with Crippen LogP contribution in [0.5, 0.6) is 0 Å². The fourth-order valence-corrected chi connectivity index (χ4v) is 1.43. The molecular weight excluding hydrogens is 222 g/mol. The Balaban J connectivity index is 2.74. The number of likely N-dealkylation sites (N-methyl/N-ethyl adjacent to an activating group) is 1. The predicted octanol–water partition coefficient (Wildman–Crippen LogP) is 0.0517. The third-order valence-corrected chi connectivity index (χ3v) is 2.31. The molecule has 1 amide bonds. The second kappa shape index (κ2) is 6.19. The number of carbonyl (C=O) groups is 1. The first-order valence-corrected chi connectivity index (χ1v) is 5.68. The lowest BCUT2D eigenvalue weighted by Crippen LogP contribution is -2.33. The van der Waals surface area contributed by atoms with E-state index in [0.717, 1.165) is 6.54 Å². The number of amides is 1. The van der Waals surface area contributed by atoms with Crippen molar-refractivity contribution in [2.24, 2.45) is 5.73 Å². The molecule has 1 rings (SSSR count). The van der Waals surface area contributed by atoms with Gasteiger partial charge in [-0.2, -0.15) is 0 Å². The Morgan fingerprint density at radius 2 is 2.24 bits per heavy atom. The molecule has 96 valence electrons. The molecule has 1 heterocycles. The Hall–Kier alpha value is -1.63. The Labute approximate surface area is 100 Å². The first-order chi connectivity index (χ1) is 8.08. The van der Waals surface area contributed by atoms with Gasteiger partial charge in [-0.1, -0.05) is 12.0 Å². The highest BCUT2D eigenvalue weighted by atomic mass is 16.4. The van der Waals surface area contributed by atoms with Crippen molar-refractivity contribution < 1.29 is 9.21 Å². The van der Waals surface area contributed by atoms with Gasteiger partial charge in [-0.15, -0.1) is 5.10 Å². The van der Waals surface area contributed by atoms with Crippen molar-refractivity contribution in [1.82, 2.24) is 15.5 Å². The molecule has 3 N–H and O–H groups in total. The van der Waals surface area contributed by atoms with E-state index in [1.807, 2.05) is 20.8 Å². The minimum atomic E-state index is -0.425. The third kappa shape index (κ3) is 3.70. The molecular formula is C10H19N5O2. The molecule has 0 bridgehead atoms. The fraction of sp³-hybridized carbons (Fsp3) is 0.700. The van der Waals surface area contributed by atoms with Gasteiger partial charge in [-0.05, 0) is 20.4 Å². The van der Waals surface area contributed by atoms with Crippen molar-refractivity contribution in [3.63, 3.8) is 0 Å². The SMILES string of the molecule is CCNC(C)c1nnc(N(CC)CC(N)=O)o1. The highest BCUT2D eigenvalue weighted by Gasteiger charge is 2.17. The van der Waals surface area contributed by atoms with Gasteiger partial charge in [0.05, 0.1) is 6.04 Å². The maximum absolute atomic E-state index is 10.9. The van der Waals surface area contributed by atoms with E-state index >= 15 is 0 Å². The molecule has 0 fully saturated rings. The van der Waals surface area contributed by atoms with Gasteiger partial charge in [0.15, 0.2) is 0 Å². The second-order valence-electron chi connectivity index (χ2n) is 3.68. The van der Waals surface area contributed by atoms with Crippen LogP contribution >= 0.6 is 0 Å². The summed E-state index contributed by atoms with van der Waals surface area (Å²) in [6.45, 7) is 7.30. The van der Waals surface area contributed by atoms with Gasteiger partial charge in [-0.3, -0.25) is 4.79 Å². The standard InChI is InChI=1S/C10H19N5O2/c1-4-12-7(3)9-13-14-10(17-9)15(5-2)6-8(11)16/h7,12H,4-6H2,1-3H3,(H2,11,16). The Bertz CT molecular complexity index is 365. The molecule has 0 saturated carbocycles. The summed E-state index contributed by atoms with van der Waals surface area (Å²) >= 11 is 0. The molecule has 0 aromatic carbocycles. The molecule has 17 heavy (non-hydrogen) atoms. The van der Waals surface area contributed by atoms with E-state index in [2.05, 4.69) is 15.5 Å². The number of nitrogens with two attached hydrogens (primary N) is 1. The zero-order valence-electron chi connectivity index (χ0n) is 10.4. The van der Waals surface area contributed by atoms with E-state index < -0.39 is 5.91 Å². The summed E-state index contributed by atoms with van der Waals surface area (Å²) in [7, 11) is 0. The lowest BCUT2D eigenvalue weighted by Gasteiger charge is -2.15. The van der Waals surface area contributed by atoms with E-state index in [9.17, 15) is 4.79 Å². The topological polar surface area (TPSA) is 97.3 Å². The first kappa shape index (κ1) is 13.4. The van der Waals surface area contributed by atoms with Crippen LogP contribution in [0.4, 0.5) is 6.01 Å². The Kier molecular flexibility index (Phi) is 4.89. The van der Waals surface area contributed by atoms with Gasteiger partial charge in [0.1, 0.15) is 6.54 Å². The van der Waals surface area contributed by atoms with Crippen LogP contribution in [0, 0.1) is 0 Å². The van der Waals surface area contributed by atoms with Gasteiger partial charge in [0, 0.05) is 6.54 Å². The van der Waals surface area contributed by atoms with Gasteiger partial charge in [-0.25, -0.2) is 0 Å². The fourth-order valence-electron chi connectivity index (χ4n) is 1.43. The maximum Gasteiger partial charge on any atom is 0.318 e. The number of nitrogens with zero attached hydrogens (tertiary/aromatic N) is 3. The summed E-state index contributed by atoms with van der Waals surface area (Å²) in [6, 6.07) is 0.319. The van der Waals surface area contributed by atoms with Crippen LogP contribution in [-0.4, -0.2) is 35.7 Å². The van der Waals surface area contributed by atoms with Crippen molar-refractivity contribution in [3.8, 4) is 0 Å². The number of carbonyl (C=O) groups excluding carboxylic acids is 1. The number of primary amides is 1. The van der Waals surface area contributed by atoms with Crippen molar-refractivity contribution in [3.05, 3.63) is 5.89 Å². The zero-order chi connectivity index (χ0) is 12.8. The summed E-state index contributed by atoms with van der Waals surface area (Å²) in [6.07, 6.45) is 0. The third-order valence-electron chi connectivity index (χ3n) is 2.31. The Morgan fingerprint density at radius 1 is 1.53 bits per heavy atom. The first-order valence-electron chi connectivity index (χ1n) is 5.68. The number of hydrogen-bond acceptors (Lipinski definition) is 6. The summed E-state index contributed by atoms with van der Waals surface area (Å²) < 4.78 is 5.49. The van der Waals surface area contributed by atoms with E-state index in [4.69, 9.17) is 10.2 Å². The minimum absolute atomic E-state index is 0.00599. The number of anilines is 1. The number of nitrogens with one attached hydrogen (secondary N) is 1. The molecule has 1 unspecified atom stereocenters. The largest absolute Gasteiger partial charge is 0.406 e. The van der Waals surface area contributed by atoms with E-state index in [1.165, 1.54) is 0 Å². The van der Waals surface area contributed by atoms with E-state index in [0.29, 0.717) is 18.5 Å². The van der Waals surface area contributed by atoms with Gasteiger partial charge < -0.3 is 20.4 Å². The van der Waals surface area contributed by atoms with Crippen molar-refractivity contribution >= 4 is 11.9 Å². The molecule has 7 heteroatoms. The van der Waals surface area contributed by atoms with E-state index in [-0.39, 0.29) is 12.6 Å². The highest BCUT2D eigenvalue weighted by Crippen LogP contribution is 2.16. The normalized spacial score (nSPS) is 12.4. The summed E-state index contributed by atoms with van der Waals surface area (Å²) in [5.41, 5.74) is 5.14. The lowest BCUT2D eigenvalue weighted by atomic mass is 10.3. The molecule has 0 aliphatic carbocycles. The van der Waals surface area contributed by atoms with Crippen LogP contribution in [0.15, 0.2) is 4.42 Å². The van der Waals surface area contributed by atoms with Crippen LogP contribution in [0.3, 0.4) is 0 Å². The van der Waals surface area contributed by atoms with Crippen molar-refractivity contribution in [2.45, 2.75) is 26.8 Å². The van der Waals surface area contributed by atoms with Crippen LogP contribution in [0.1, 0.15) is 32.7 Å². The molecule has 7 nitrogen and oxygen atoms in total. The highest BCUT2D eigenvalue weighted by molar-refractivity contribution is 5.78. The summed E-state index contributed by atoms with van der Waals surface area (Å²) in [4.78, 5) is 12.5. The van der Waals surface area contributed by atoms with Crippen LogP contribution < -0.4 is 16.0 Å². The number of aromatic nitrogens is 2. The van der Waals surface area contributed by atoms with Gasteiger partial charge in [0.25, 0.3) is 0 Å². The molecule has 0 saturated heterocycles. The number of rotatable bonds is 7. The molecule has 0 aliphatic heterocycles. The minimum Gasteiger partial charge on any atom is -0.406 e. The van der Waals surface area contributed by atoms with Crippen LogP contribution in [0.25, 0.3) is 0 Å². The number of hydrogen-bond donors (Lipinski definition) is 2. The van der Waals surface area contributed by atoms with Crippen LogP contribution in [0.2, 0.25) is 0 Å². The molecule has 1 aromatic heterocycles. The Morgan fingerprint density at radius 3 is 2.76 bits per heavy atom. The molecule has 0 radical (unpaired) electrons. The second-order valence-corrected chi connectivity index (χ2v) is 3.68. The summed E-state index contributed by atoms with van der Waals surface area (Å²) in [5.74, 6) is 0.0797. The van der Waals surface area contributed by atoms with Crippen molar-refractivity contribution in [1.29, 1.82) is 0 Å². The van der Waals surface area contributed by atoms with Crippen molar-refractivity contribution in [2.75, 3.05) is 24.5 Å². The molecule has 0 aliphatic rings. The van der Waals surface area contributed by atoms with Gasteiger partial charge in [0.2, 0.25) is 11.8 Å². The monoisotopic (exact) mass is 241 g/mol. The lowest BCUT2D eigenvalue weighted by molar-refractivity contribution is -0.116. The average Bonchev–Trinajstić information content (AvgIpc) is 2.75. The van der Waals surface area contributed by atoms with E-state index in [1.54, 1.807) is 4.90 Å². The quantitative estimate of drug-likeness (QED) is 0.700. The maximum atomic E-state index is 10.9. The summed E-state index contributed by atoms with van der Waals surface area (Å²) in [5, 5.41) is 11.0. The van der Waals surface area contributed by atoms with Crippen LogP contribution in [-0.2, 0) is 4.79 Å². The predicted molar refractivity (Wildman–Crippen MR) is 63.5 cm³/mol. The van der Waals surface area contributed by atoms with Gasteiger partial charge >= 0.3 is 6.01 Å². The molecule has 0 spiro atoms. The average molecular weight is 241 g/mol. The molecule has 1 aromatic rings. The molecule has 1 atom stereocenters. The smallest absolute Gasteiger partial charge is 0.318 e. The zero-order valence-corrected chi connectivity index (χ0v) is 10.4.